The van der Waals surface area contributed by atoms with Crippen molar-refractivity contribution in [3.05, 3.63) is 95.6 Å². The van der Waals surface area contributed by atoms with Gasteiger partial charge in [0.15, 0.2) is 0 Å². The van der Waals surface area contributed by atoms with E-state index in [1.54, 1.807) is 0 Å². The topological polar surface area (TPSA) is 114 Å². The van der Waals surface area contributed by atoms with Gasteiger partial charge in [-0.2, -0.15) is 0 Å². The summed E-state index contributed by atoms with van der Waals surface area (Å²) in [4.78, 5) is 37.4. The van der Waals surface area contributed by atoms with E-state index >= 15 is 0 Å². The van der Waals surface area contributed by atoms with Gasteiger partial charge in [0.05, 0.1) is 12.7 Å². The first kappa shape index (κ1) is 28.7. The molecule has 1 aliphatic carbocycles. The fourth-order valence-corrected chi connectivity index (χ4v) is 4.72. The van der Waals surface area contributed by atoms with E-state index < -0.39 is 49.0 Å². The fraction of sp³-hybridized carbons (Fsp3) is 0.300. The molecule has 0 saturated carbocycles. The van der Waals surface area contributed by atoms with E-state index in [4.69, 9.17) is 9.47 Å². The van der Waals surface area contributed by atoms with Crippen LogP contribution in [0.1, 0.15) is 36.0 Å². The van der Waals surface area contributed by atoms with Crippen LogP contribution in [-0.2, 0) is 25.7 Å². The van der Waals surface area contributed by atoms with E-state index in [2.05, 4.69) is 10.6 Å². The van der Waals surface area contributed by atoms with E-state index in [1.165, 1.54) is 6.92 Å². The van der Waals surface area contributed by atoms with Crippen molar-refractivity contribution < 1.29 is 37.7 Å². The maximum atomic E-state index is 13.0. The van der Waals surface area contributed by atoms with Crippen LogP contribution in [0.5, 0.6) is 0 Å². The number of rotatable bonds is 12. The molecule has 4 rings (SSSR count). The van der Waals surface area contributed by atoms with Crippen LogP contribution in [0.4, 0.5) is 13.6 Å². The van der Waals surface area contributed by atoms with E-state index in [1.807, 2.05) is 78.9 Å². The predicted molar refractivity (Wildman–Crippen MR) is 143 cm³/mol. The number of carboxylic acids is 1. The molecule has 10 heteroatoms. The van der Waals surface area contributed by atoms with Gasteiger partial charge in [0.1, 0.15) is 18.7 Å². The van der Waals surface area contributed by atoms with Crippen LogP contribution in [0, 0.1) is 0 Å². The molecule has 210 valence electrons. The van der Waals surface area contributed by atoms with Gasteiger partial charge in [0, 0.05) is 12.3 Å². The van der Waals surface area contributed by atoms with Crippen molar-refractivity contribution in [3.63, 3.8) is 0 Å². The molecule has 0 heterocycles. The number of nitrogens with one attached hydrogen (secondary N) is 2. The molecule has 2 amide bonds. The minimum absolute atomic E-state index is 0.0173. The lowest BCUT2D eigenvalue weighted by atomic mass is 9.98. The molecular weight excluding hydrogens is 522 g/mol. The zero-order valence-electron chi connectivity index (χ0n) is 21.8. The van der Waals surface area contributed by atoms with Crippen molar-refractivity contribution in [1.82, 2.24) is 10.6 Å². The molecule has 8 nitrogen and oxygen atoms in total. The lowest BCUT2D eigenvalue weighted by molar-refractivity contribution is -0.144. The number of ether oxygens (including phenoxy) is 2. The SMILES string of the molecule is C[C@H](OCc1ccccc1)[C@@H](NC(=O)OCC1c2ccccc2-c2ccccc21)C(=O)NC(CC(F)F)C(=O)O. The summed E-state index contributed by atoms with van der Waals surface area (Å²) in [7, 11) is 0. The molecule has 0 aliphatic heterocycles. The standard InChI is InChI=1S/C30H30F2N2O6/c1-18(39-16-19-9-3-2-4-10-19)27(28(35)33-25(29(36)37)15-26(31)32)34-30(38)40-17-24-22-13-7-5-11-20(22)21-12-6-8-14-23(21)24/h2-14,18,24-27H,15-17H2,1H3,(H,33,35)(H,34,38)(H,36,37)/t18-,25?,27+/m0/s1. The minimum Gasteiger partial charge on any atom is -0.480 e. The summed E-state index contributed by atoms with van der Waals surface area (Å²) in [5, 5.41) is 13.8. The monoisotopic (exact) mass is 552 g/mol. The summed E-state index contributed by atoms with van der Waals surface area (Å²) >= 11 is 0. The Kier molecular flexibility index (Phi) is 9.44. The Morgan fingerprint density at radius 2 is 1.45 bits per heavy atom. The van der Waals surface area contributed by atoms with E-state index in [0.29, 0.717) is 0 Å². The third kappa shape index (κ3) is 7.01. The molecule has 0 spiro atoms. The molecule has 3 N–H and O–H groups in total. The number of carbonyl (C=O) groups excluding carboxylic acids is 2. The summed E-state index contributed by atoms with van der Waals surface area (Å²) < 4.78 is 37.1. The molecule has 1 unspecified atom stereocenters. The van der Waals surface area contributed by atoms with Crippen LogP contribution in [0.15, 0.2) is 78.9 Å². The maximum absolute atomic E-state index is 13.0. The number of amides is 2. The molecule has 0 radical (unpaired) electrons. The van der Waals surface area contributed by atoms with Crippen LogP contribution in [0.25, 0.3) is 11.1 Å². The summed E-state index contributed by atoms with van der Waals surface area (Å²) in [5.74, 6) is -2.83. The second-order valence-electron chi connectivity index (χ2n) is 9.48. The Balaban J connectivity index is 1.46. The van der Waals surface area contributed by atoms with Crippen LogP contribution < -0.4 is 10.6 Å². The van der Waals surface area contributed by atoms with Gasteiger partial charge < -0.3 is 25.2 Å². The highest BCUT2D eigenvalue weighted by molar-refractivity contribution is 5.89. The second kappa shape index (κ2) is 13.2. The predicted octanol–water partition coefficient (Wildman–Crippen LogP) is 4.72. The van der Waals surface area contributed by atoms with Gasteiger partial charge >= 0.3 is 12.1 Å². The molecule has 3 aromatic carbocycles. The number of carbonyl (C=O) groups is 3. The van der Waals surface area contributed by atoms with Crippen molar-refractivity contribution in [2.75, 3.05) is 6.61 Å². The highest BCUT2D eigenvalue weighted by atomic mass is 19.3. The average Bonchev–Trinajstić information content (AvgIpc) is 3.27. The summed E-state index contributed by atoms with van der Waals surface area (Å²) in [6.07, 6.45) is -5.93. The first-order valence-electron chi connectivity index (χ1n) is 12.8. The second-order valence-corrected chi connectivity index (χ2v) is 9.48. The summed E-state index contributed by atoms with van der Waals surface area (Å²) in [6, 6.07) is 21.4. The molecule has 0 bridgehead atoms. The Morgan fingerprint density at radius 1 is 0.875 bits per heavy atom. The van der Waals surface area contributed by atoms with Crippen LogP contribution in [0.3, 0.4) is 0 Å². The van der Waals surface area contributed by atoms with Crippen molar-refractivity contribution in [2.45, 2.75) is 50.5 Å². The molecule has 1 aliphatic rings. The van der Waals surface area contributed by atoms with Crippen LogP contribution in [-0.4, -0.2) is 54.3 Å². The maximum Gasteiger partial charge on any atom is 0.407 e. The van der Waals surface area contributed by atoms with E-state index in [-0.39, 0.29) is 19.1 Å². The number of hydrogen-bond acceptors (Lipinski definition) is 5. The molecule has 0 saturated heterocycles. The number of fused-ring (bicyclic) bond motifs is 3. The summed E-state index contributed by atoms with van der Waals surface area (Å²) in [5.41, 5.74) is 4.90. The van der Waals surface area contributed by atoms with Crippen molar-refractivity contribution >= 4 is 18.0 Å². The van der Waals surface area contributed by atoms with Gasteiger partial charge in [0.25, 0.3) is 0 Å². The van der Waals surface area contributed by atoms with Crippen molar-refractivity contribution in [1.29, 1.82) is 0 Å². The third-order valence-corrected chi connectivity index (χ3v) is 6.75. The Hall–Kier alpha value is -4.31. The number of alkyl carbamates (subject to hydrolysis) is 1. The van der Waals surface area contributed by atoms with Crippen molar-refractivity contribution in [3.8, 4) is 11.1 Å². The van der Waals surface area contributed by atoms with Crippen LogP contribution in [0.2, 0.25) is 0 Å². The number of aliphatic carboxylic acids is 1. The van der Waals surface area contributed by atoms with Crippen LogP contribution >= 0.6 is 0 Å². The van der Waals surface area contributed by atoms with E-state index in [0.717, 1.165) is 27.8 Å². The zero-order chi connectivity index (χ0) is 28.6. The highest BCUT2D eigenvalue weighted by Crippen LogP contribution is 2.44. The number of alkyl halides is 2. The zero-order valence-corrected chi connectivity index (χ0v) is 21.8. The molecule has 0 aromatic heterocycles. The number of benzene rings is 3. The first-order chi connectivity index (χ1) is 19.2. The Labute approximate surface area is 230 Å². The van der Waals surface area contributed by atoms with Gasteiger partial charge in [-0.15, -0.1) is 0 Å². The Morgan fingerprint density at radius 3 is 2.02 bits per heavy atom. The highest BCUT2D eigenvalue weighted by Gasteiger charge is 2.34. The lowest BCUT2D eigenvalue weighted by Gasteiger charge is -2.26. The van der Waals surface area contributed by atoms with Gasteiger partial charge in [-0.05, 0) is 34.7 Å². The minimum atomic E-state index is -2.96. The molecule has 3 aromatic rings. The first-order valence-corrected chi connectivity index (χ1v) is 12.8. The molecule has 3 atom stereocenters. The largest absolute Gasteiger partial charge is 0.480 e. The molecular formula is C30H30F2N2O6. The Bertz CT molecular complexity index is 1290. The van der Waals surface area contributed by atoms with Gasteiger partial charge in [-0.1, -0.05) is 78.9 Å². The number of halogens is 2. The van der Waals surface area contributed by atoms with Gasteiger partial charge in [0.2, 0.25) is 12.3 Å². The normalized spacial score (nSPS) is 14.5. The number of carboxylic acid groups (broad SMARTS) is 1. The molecule has 0 fully saturated rings. The third-order valence-electron chi connectivity index (χ3n) is 6.75. The van der Waals surface area contributed by atoms with E-state index in [9.17, 15) is 28.3 Å². The van der Waals surface area contributed by atoms with Gasteiger partial charge in [-0.3, -0.25) is 4.79 Å². The number of hydrogen-bond donors (Lipinski definition) is 3. The van der Waals surface area contributed by atoms with Gasteiger partial charge in [-0.25, -0.2) is 18.4 Å². The quantitative estimate of drug-likeness (QED) is 0.300. The summed E-state index contributed by atoms with van der Waals surface area (Å²) in [6.45, 7) is 1.59. The molecule has 40 heavy (non-hydrogen) atoms. The smallest absolute Gasteiger partial charge is 0.407 e. The fourth-order valence-electron chi connectivity index (χ4n) is 4.72. The lowest BCUT2D eigenvalue weighted by Crippen LogP contribution is -2.56. The average molecular weight is 553 g/mol. The van der Waals surface area contributed by atoms with Crippen molar-refractivity contribution in [2.24, 2.45) is 0 Å².